The van der Waals surface area contributed by atoms with E-state index in [0.29, 0.717) is 23.3 Å². The molecule has 1 atom stereocenters. The monoisotopic (exact) mass is 490 g/mol. The number of amides is 1. The van der Waals surface area contributed by atoms with Gasteiger partial charge in [0.2, 0.25) is 5.91 Å². The molecule has 9 heteroatoms. The molecule has 0 aliphatic carbocycles. The maximum atomic E-state index is 13.1. The Morgan fingerprint density at radius 3 is 2.63 bits per heavy atom. The van der Waals surface area contributed by atoms with E-state index in [1.807, 2.05) is 35.8 Å². The van der Waals surface area contributed by atoms with Crippen molar-refractivity contribution in [1.82, 2.24) is 14.8 Å². The van der Waals surface area contributed by atoms with Crippen LogP contribution in [0.1, 0.15) is 18.9 Å². The molecule has 3 aromatic rings. The summed E-state index contributed by atoms with van der Waals surface area (Å²) in [4.78, 5) is 12.3. The molecule has 1 aromatic heterocycles. The molecule has 156 valence electrons. The fraction of sp³-hybridized carbons (Fsp3) is 0.190. The molecule has 0 saturated carbocycles. The van der Waals surface area contributed by atoms with Crippen LogP contribution in [0, 0.1) is 5.82 Å². The van der Waals surface area contributed by atoms with Gasteiger partial charge in [0.15, 0.2) is 17.1 Å². The predicted molar refractivity (Wildman–Crippen MR) is 119 cm³/mol. The van der Waals surface area contributed by atoms with E-state index in [-0.39, 0.29) is 17.5 Å². The molecule has 1 amide bonds. The number of benzene rings is 2. The van der Waals surface area contributed by atoms with Crippen LogP contribution in [0.5, 0.6) is 5.75 Å². The zero-order valence-electron chi connectivity index (χ0n) is 16.2. The van der Waals surface area contributed by atoms with Gasteiger partial charge in [0.1, 0.15) is 11.6 Å². The molecule has 0 aliphatic heterocycles. The fourth-order valence-electron chi connectivity index (χ4n) is 2.64. The molecule has 0 spiro atoms. The number of nitrogens with one attached hydrogen (secondary N) is 1. The highest BCUT2D eigenvalue weighted by atomic mass is 79.9. The Bertz CT molecular complexity index is 1010. The van der Waals surface area contributed by atoms with E-state index in [2.05, 4.69) is 38.0 Å². The Morgan fingerprint density at radius 1 is 1.27 bits per heavy atom. The summed E-state index contributed by atoms with van der Waals surface area (Å²) in [5.74, 6) is 0.825. The average molecular weight is 491 g/mol. The Balaban J connectivity index is 1.65. The second-order valence-corrected chi connectivity index (χ2v) is 8.16. The lowest BCUT2D eigenvalue weighted by Gasteiger charge is -2.15. The van der Waals surface area contributed by atoms with Gasteiger partial charge in [-0.05, 0) is 55.5 Å². The van der Waals surface area contributed by atoms with Crippen LogP contribution in [-0.4, -0.2) is 26.4 Å². The van der Waals surface area contributed by atoms with E-state index in [1.165, 1.54) is 23.9 Å². The minimum Gasteiger partial charge on any atom is -0.483 e. The summed E-state index contributed by atoms with van der Waals surface area (Å²) in [6.45, 7) is 6.08. The fourth-order valence-corrected chi connectivity index (χ4v) is 3.66. The number of carbonyl (C=O) groups is 1. The third kappa shape index (κ3) is 5.93. The van der Waals surface area contributed by atoms with Crippen LogP contribution >= 0.6 is 27.7 Å². The Hall–Kier alpha value is -2.65. The molecular weight excluding hydrogens is 471 g/mol. The first-order valence-corrected chi connectivity index (χ1v) is 10.9. The predicted octanol–water partition coefficient (Wildman–Crippen LogP) is 5.24. The molecule has 2 aromatic carbocycles. The van der Waals surface area contributed by atoms with E-state index < -0.39 is 6.10 Å². The number of anilines is 1. The average Bonchev–Trinajstić information content (AvgIpc) is 3.13. The van der Waals surface area contributed by atoms with Crippen LogP contribution in [0.2, 0.25) is 0 Å². The summed E-state index contributed by atoms with van der Waals surface area (Å²) in [5.41, 5.74) is 0.721. The topological polar surface area (TPSA) is 69.0 Å². The van der Waals surface area contributed by atoms with E-state index in [0.717, 1.165) is 10.2 Å². The highest BCUT2D eigenvalue weighted by Gasteiger charge is 2.20. The van der Waals surface area contributed by atoms with E-state index in [9.17, 15) is 9.18 Å². The van der Waals surface area contributed by atoms with Crippen molar-refractivity contribution >= 4 is 39.3 Å². The summed E-state index contributed by atoms with van der Waals surface area (Å²) in [5, 5.41) is 11.9. The summed E-state index contributed by atoms with van der Waals surface area (Å²) in [7, 11) is 0. The summed E-state index contributed by atoms with van der Waals surface area (Å²) < 4.78 is 21.7. The number of halogens is 2. The number of thioether (sulfide) groups is 1. The minimum absolute atomic E-state index is 0.146. The van der Waals surface area contributed by atoms with Gasteiger partial charge in [-0.3, -0.25) is 9.36 Å². The molecule has 6 nitrogen and oxygen atoms in total. The van der Waals surface area contributed by atoms with Gasteiger partial charge in [0.05, 0.1) is 5.75 Å². The van der Waals surface area contributed by atoms with Crippen molar-refractivity contribution < 1.29 is 13.9 Å². The maximum absolute atomic E-state index is 13.1. The molecule has 3 rings (SSSR count). The number of carbonyl (C=O) groups excluding carboxylic acids is 1. The number of allylic oxidation sites excluding steroid dienone is 1. The van der Waals surface area contributed by atoms with Gasteiger partial charge in [0, 0.05) is 16.7 Å². The maximum Gasteiger partial charge on any atom is 0.234 e. The lowest BCUT2D eigenvalue weighted by atomic mass is 10.3. The smallest absolute Gasteiger partial charge is 0.234 e. The third-order valence-electron chi connectivity index (χ3n) is 4.01. The number of nitrogens with zero attached hydrogens (tertiary/aromatic N) is 3. The minimum atomic E-state index is -0.422. The quantitative estimate of drug-likeness (QED) is 0.328. The molecule has 0 saturated heterocycles. The summed E-state index contributed by atoms with van der Waals surface area (Å²) in [6.07, 6.45) is 1.30. The van der Waals surface area contributed by atoms with E-state index in [4.69, 9.17) is 4.74 Å². The van der Waals surface area contributed by atoms with Gasteiger partial charge in [-0.2, -0.15) is 0 Å². The Kier molecular flexibility index (Phi) is 7.64. The molecule has 30 heavy (non-hydrogen) atoms. The molecule has 0 fully saturated rings. The third-order valence-corrected chi connectivity index (χ3v) is 5.50. The van der Waals surface area contributed by atoms with Gasteiger partial charge in [0.25, 0.3) is 0 Å². The SMILES string of the molecule is C=CCn1c(SCC(=O)Nc2ccc(Br)cc2)nnc1C(C)Oc1ccc(F)cc1. The number of aromatic nitrogens is 3. The molecule has 1 heterocycles. The van der Waals surface area contributed by atoms with Crippen molar-refractivity contribution in [2.24, 2.45) is 0 Å². The van der Waals surface area contributed by atoms with Crippen LogP contribution in [0.15, 0.2) is 70.8 Å². The Labute approximate surface area is 186 Å². The van der Waals surface area contributed by atoms with Crippen LogP contribution < -0.4 is 10.1 Å². The van der Waals surface area contributed by atoms with Crippen molar-refractivity contribution in [2.75, 3.05) is 11.1 Å². The molecule has 0 radical (unpaired) electrons. The molecular formula is C21H20BrFN4O2S. The molecule has 0 bridgehead atoms. The largest absolute Gasteiger partial charge is 0.483 e. The first kappa shape index (κ1) is 22.0. The Morgan fingerprint density at radius 2 is 1.97 bits per heavy atom. The van der Waals surface area contributed by atoms with Gasteiger partial charge >= 0.3 is 0 Å². The second kappa shape index (κ2) is 10.4. The van der Waals surface area contributed by atoms with Crippen molar-refractivity contribution in [3.63, 3.8) is 0 Å². The van der Waals surface area contributed by atoms with Crippen LogP contribution in [0.3, 0.4) is 0 Å². The first-order chi connectivity index (χ1) is 14.5. The van der Waals surface area contributed by atoms with E-state index >= 15 is 0 Å². The van der Waals surface area contributed by atoms with Gasteiger partial charge in [-0.1, -0.05) is 33.8 Å². The van der Waals surface area contributed by atoms with Crippen molar-refractivity contribution in [2.45, 2.75) is 24.7 Å². The first-order valence-electron chi connectivity index (χ1n) is 9.10. The number of hydrogen-bond acceptors (Lipinski definition) is 5. The second-order valence-electron chi connectivity index (χ2n) is 6.30. The van der Waals surface area contributed by atoms with Crippen molar-refractivity contribution in [3.8, 4) is 5.75 Å². The van der Waals surface area contributed by atoms with Gasteiger partial charge in [-0.25, -0.2) is 4.39 Å². The van der Waals surface area contributed by atoms with Crippen LogP contribution in [-0.2, 0) is 11.3 Å². The van der Waals surface area contributed by atoms with Crippen molar-refractivity contribution in [1.29, 1.82) is 0 Å². The highest BCUT2D eigenvalue weighted by Crippen LogP contribution is 2.25. The lowest BCUT2D eigenvalue weighted by molar-refractivity contribution is -0.113. The van der Waals surface area contributed by atoms with E-state index in [1.54, 1.807) is 18.2 Å². The summed E-state index contributed by atoms with van der Waals surface area (Å²) >= 11 is 4.64. The summed E-state index contributed by atoms with van der Waals surface area (Å²) in [6, 6.07) is 13.1. The number of rotatable bonds is 9. The number of hydrogen-bond donors (Lipinski definition) is 1. The van der Waals surface area contributed by atoms with Crippen LogP contribution in [0.4, 0.5) is 10.1 Å². The van der Waals surface area contributed by atoms with Gasteiger partial charge in [-0.15, -0.1) is 16.8 Å². The zero-order valence-corrected chi connectivity index (χ0v) is 18.6. The van der Waals surface area contributed by atoms with Gasteiger partial charge < -0.3 is 10.1 Å². The van der Waals surface area contributed by atoms with Crippen LogP contribution in [0.25, 0.3) is 0 Å². The van der Waals surface area contributed by atoms with Crippen molar-refractivity contribution in [3.05, 3.63) is 77.3 Å². The number of ether oxygens (including phenoxy) is 1. The molecule has 1 unspecified atom stereocenters. The molecule has 0 aliphatic rings. The lowest BCUT2D eigenvalue weighted by Crippen LogP contribution is -2.15. The molecule has 1 N–H and O–H groups in total. The standard InChI is InChI=1S/C21H20BrFN4O2S/c1-3-12-27-20(14(2)29-18-10-6-16(23)7-11-18)25-26-21(27)30-13-19(28)24-17-8-4-15(22)5-9-17/h3-11,14H,1,12-13H2,2H3,(H,24,28). The normalized spacial score (nSPS) is 11.7. The highest BCUT2D eigenvalue weighted by molar-refractivity contribution is 9.10. The zero-order chi connectivity index (χ0) is 21.5.